The van der Waals surface area contributed by atoms with E-state index in [4.69, 9.17) is 29.0 Å². The quantitative estimate of drug-likeness (QED) is 0.292. The predicted octanol–water partition coefficient (Wildman–Crippen LogP) is -1.33. The highest BCUT2D eigenvalue weighted by molar-refractivity contribution is 7.30. The van der Waals surface area contributed by atoms with Crippen molar-refractivity contribution in [3.8, 4) is 0 Å². The van der Waals surface area contributed by atoms with E-state index in [0.29, 0.717) is 0 Å². The van der Waals surface area contributed by atoms with Gasteiger partial charge in [0.1, 0.15) is 0 Å². The maximum Gasteiger partial charge on any atom is 0.314 e. The highest BCUT2D eigenvalue weighted by Crippen LogP contribution is 1.98. The summed E-state index contributed by atoms with van der Waals surface area (Å²) >= 11 is 0. The average Bonchev–Trinajstić information content (AvgIpc) is 2.08. The van der Waals surface area contributed by atoms with Gasteiger partial charge in [0.25, 0.3) is 6.47 Å². The van der Waals surface area contributed by atoms with E-state index < -0.39 is 8.25 Å². The Morgan fingerprint density at radius 1 is 1.31 bits per heavy atom. The van der Waals surface area contributed by atoms with Gasteiger partial charge in [-0.2, -0.15) is 0 Å². The Kier molecular flexibility index (Phi) is 16.3. The Morgan fingerprint density at radius 3 is 1.69 bits per heavy atom. The summed E-state index contributed by atoms with van der Waals surface area (Å²) in [6.07, 6.45) is 0. The van der Waals surface area contributed by atoms with Gasteiger partial charge in [0, 0.05) is 13.1 Å². The Morgan fingerprint density at radius 2 is 1.62 bits per heavy atom. The Hall–Kier alpha value is -0.460. The van der Waals surface area contributed by atoms with Crippen molar-refractivity contribution < 1.29 is 29.0 Å². The minimum Gasteiger partial charge on any atom is -0.483 e. The van der Waals surface area contributed by atoms with Gasteiger partial charge in [-0.3, -0.25) is 9.36 Å². The van der Waals surface area contributed by atoms with Crippen molar-refractivity contribution in [2.24, 2.45) is 0 Å². The van der Waals surface area contributed by atoms with E-state index >= 15 is 0 Å². The van der Waals surface area contributed by atoms with E-state index in [1.165, 1.54) is 0 Å². The largest absolute Gasteiger partial charge is 0.483 e. The lowest BCUT2D eigenvalue weighted by atomic mass is 10.5. The third-order valence-corrected chi connectivity index (χ3v) is 0.846. The summed E-state index contributed by atoms with van der Waals surface area (Å²) in [5.41, 5.74) is 0. The summed E-state index contributed by atoms with van der Waals surface area (Å²) in [4.78, 5) is 22.7. The Balaban J connectivity index is 0. The van der Waals surface area contributed by atoms with Gasteiger partial charge in [0.15, 0.2) is 0 Å². The SMILES string of the molecule is C1COCCN1.O=CO.O=[PH](O)O. The van der Waals surface area contributed by atoms with Crippen molar-refractivity contribution >= 4 is 14.7 Å². The number of morpholine rings is 1. The van der Waals surface area contributed by atoms with Crippen molar-refractivity contribution in [3.05, 3.63) is 0 Å². The molecular formula is C5H14NO6P. The zero-order valence-corrected chi connectivity index (χ0v) is 7.97. The standard InChI is InChI=1S/C4H9NO.CH2O2.H3O3P/c1-3-6-4-2-5-1;2-1-3;1-4(2)3/h5H,1-4H2;1H,(H,2,3);4H,(H2,1,2,3). The van der Waals surface area contributed by atoms with Crippen LogP contribution in [0.25, 0.3) is 0 Å². The molecule has 13 heavy (non-hydrogen) atoms. The second kappa shape index (κ2) is 14.1. The maximum absolute atomic E-state index is 8.74. The molecule has 7 nitrogen and oxygen atoms in total. The normalized spacial score (nSPS) is 14.7. The smallest absolute Gasteiger partial charge is 0.314 e. The summed E-state index contributed by atoms with van der Waals surface area (Å²) in [7, 11) is -3.13. The van der Waals surface area contributed by atoms with Gasteiger partial charge < -0.3 is 24.9 Å². The third-order valence-electron chi connectivity index (χ3n) is 0.846. The van der Waals surface area contributed by atoms with Crippen LogP contribution >= 0.6 is 8.25 Å². The number of hydrogen-bond donors (Lipinski definition) is 4. The van der Waals surface area contributed by atoms with E-state index in [2.05, 4.69) is 5.32 Å². The number of carbonyl (C=O) groups is 1. The number of ether oxygens (including phenoxy) is 1. The second-order valence-electron chi connectivity index (χ2n) is 1.75. The topological polar surface area (TPSA) is 116 Å². The van der Waals surface area contributed by atoms with E-state index in [9.17, 15) is 0 Å². The van der Waals surface area contributed by atoms with Crippen LogP contribution in [0.1, 0.15) is 0 Å². The van der Waals surface area contributed by atoms with Gasteiger partial charge in [-0.25, -0.2) is 0 Å². The fraction of sp³-hybridized carbons (Fsp3) is 0.800. The van der Waals surface area contributed by atoms with Gasteiger partial charge in [0.05, 0.1) is 13.2 Å². The molecule has 1 rings (SSSR count). The molecule has 1 fully saturated rings. The highest BCUT2D eigenvalue weighted by Gasteiger charge is 1.92. The first-order valence-electron chi connectivity index (χ1n) is 3.43. The van der Waals surface area contributed by atoms with Crippen molar-refractivity contribution in [2.45, 2.75) is 0 Å². The first-order chi connectivity index (χ1) is 6.15. The van der Waals surface area contributed by atoms with E-state index in [0.717, 1.165) is 26.3 Å². The summed E-state index contributed by atoms with van der Waals surface area (Å²) in [5, 5.41) is 10.0. The number of nitrogens with one attached hydrogen (secondary N) is 1. The van der Waals surface area contributed by atoms with E-state index in [1.54, 1.807) is 0 Å². The molecule has 0 aromatic carbocycles. The van der Waals surface area contributed by atoms with Gasteiger partial charge in [0.2, 0.25) is 0 Å². The first-order valence-corrected chi connectivity index (χ1v) is 4.73. The molecule has 0 saturated carbocycles. The molecule has 0 spiro atoms. The van der Waals surface area contributed by atoms with Crippen molar-refractivity contribution in [1.29, 1.82) is 0 Å². The monoisotopic (exact) mass is 215 g/mol. The Bertz CT molecular complexity index is 113. The molecule has 0 unspecified atom stereocenters. The van der Waals surface area contributed by atoms with Crippen LogP contribution in [0.5, 0.6) is 0 Å². The molecule has 0 radical (unpaired) electrons. The van der Waals surface area contributed by atoms with Crippen LogP contribution in [0.15, 0.2) is 0 Å². The molecular weight excluding hydrogens is 201 g/mol. The molecule has 0 aliphatic carbocycles. The molecule has 80 valence electrons. The fourth-order valence-corrected chi connectivity index (χ4v) is 0.516. The molecule has 0 aromatic rings. The number of hydrogen-bond acceptors (Lipinski definition) is 4. The fourth-order valence-electron chi connectivity index (χ4n) is 0.516. The first kappa shape index (κ1) is 15.0. The van der Waals surface area contributed by atoms with Crippen LogP contribution in [0.3, 0.4) is 0 Å². The van der Waals surface area contributed by atoms with Crippen molar-refractivity contribution in [2.75, 3.05) is 26.3 Å². The van der Waals surface area contributed by atoms with Crippen molar-refractivity contribution in [3.63, 3.8) is 0 Å². The van der Waals surface area contributed by atoms with E-state index in [1.807, 2.05) is 0 Å². The predicted molar refractivity (Wildman–Crippen MR) is 45.8 cm³/mol. The molecule has 0 atom stereocenters. The summed E-state index contributed by atoms with van der Waals surface area (Å²) in [6, 6.07) is 0. The molecule has 0 amide bonds. The second-order valence-corrected chi connectivity index (χ2v) is 2.32. The van der Waals surface area contributed by atoms with Crippen LogP contribution in [0.4, 0.5) is 0 Å². The molecule has 1 aliphatic rings. The van der Waals surface area contributed by atoms with Crippen molar-refractivity contribution in [1.82, 2.24) is 5.32 Å². The summed E-state index contributed by atoms with van der Waals surface area (Å²) in [6.45, 7) is 3.58. The van der Waals surface area contributed by atoms with Gasteiger partial charge in [-0.05, 0) is 0 Å². The van der Waals surface area contributed by atoms with Crippen LogP contribution in [-0.2, 0) is 14.1 Å². The molecule has 0 bridgehead atoms. The van der Waals surface area contributed by atoms with Crippen LogP contribution < -0.4 is 5.32 Å². The average molecular weight is 215 g/mol. The molecule has 1 aliphatic heterocycles. The van der Waals surface area contributed by atoms with Gasteiger partial charge in [-0.1, -0.05) is 0 Å². The number of carboxylic acid groups (broad SMARTS) is 1. The minimum atomic E-state index is -3.13. The summed E-state index contributed by atoms with van der Waals surface area (Å²) < 4.78 is 13.7. The molecule has 1 heterocycles. The van der Waals surface area contributed by atoms with Crippen LogP contribution in [0, 0.1) is 0 Å². The maximum atomic E-state index is 8.74. The molecule has 0 aromatic heterocycles. The van der Waals surface area contributed by atoms with Crippen LogP contribution in [-0.4, -0.2) is 47.7 Å². The lowest BCUT2D eigenvalue weighted by Crippen LogP contribution is -2.30. The highest BCUT2D eigenvalue weighted by atomic mass is 31.1. The zero-order valence-electron chi connectivity index (χ0n) is 6.97. The molecule has 4 N–H and O–H groups in total. The molecule has 8 heteroatoms. The van der Waals surface area contributed by atoms with E-state index in [-0.39, 0.29) is 6.47 Å². The van der Waals surface area contributed by atoms with Crippen LogP contribution in [0.2, 0.25) is 0 Å². The minimum absolute atomic E-state index is 0.250. The zero-order chi connectivity index (χ0) is 10.5. The Labute approximate surface area is 76.3 Å². The van der Waals surface area contributed by atoms with Gasteiger partial charge in [-0.15, -0.1) is 0 Å². The van der Waals surface area contributed by atoms with Gasteiger partial charge >= 0.3 is 8.25 Å². The summed E-state index contributed by atoms with van der Waals surface area (Å²) in [5.74, 6) is 0. The third kappa shape index (κ3) is 34.2. The lowest BCUT2D eigenvalue weighted by Gasteiger charge is -2.10. The molecule has 1 saturated heterocycles. The number of rotatable bonds is 0. The lowest BCUT2D eigenvalue weighted by molar-refractivity contribution is -0.122.